The molecule has 0 aliphatic heterocycles. The zero-order valence-electron chi connectivity index (χ0n) is 12.8. The fourth-order valence-electron chi connectivity index (χ4n) is 2.01. The van der Waals surface area contributed by atoms with Crippen LogP contribution in [0, 0.1) is 0 Å². The summed E-state index contributed by atoms with van der Waals surface area (Å²) in [5, 5.41) is 11.9. The standard InChI is InChI=1S/C16H10Cl2F3NO2.Na/c17-10-3-1-8(13(18)7-10)5-12(15(23)24)11-4-2-9(6-14(11)22)16(19,20)21;/h1-7H,22H2,(H,23,24);/q;+1/p-1/b12-5+;. The number of carbonyl (C=O) groups excluding carboxylic acids is 1. The fourth-order valence-corrected chi connectivity index (χ4v) is 2.47. The molecule has 2 aromatic carbocycles. The molecule has 2 aromatic rings. The van der Waals surface area contributed by atoms with Crippen molar-refractivity contribution in [3.63, 3.8) is 0 Å². The number of nitrogen functional groups attached to an aromatic ring is 1. The van der Waals surface area contributed by atoms with Crippen molar-refractivity contribution in [2.45, 2.75) is 6.18 Å². The molecule has 0 heterocycles. The average Bonchev–Trinajstić information content (AvgIpc) is 2.45. The maximum absolute atomic E-state index is 12.7. The number of rotatable bonds is 3. The van der Waals surface area contributed by atoms with Crippen LogP contribution >= 0.6 is 23.2 Å². The second-order valence-electron chi connectivity index (χ2n) is 4.81. The number of halogens is 5. The van der Waals surface area contributed by atoms with Crippen LogP contribution in [0.2, 0.25) is 10.0 Å². The van der Waals surface area contributed by atoms with E-state index < -0.39 is 23.3 Å². The van der Waals surface area contributed by atoms with Crippen LogP contribution in [0.3, 0.4) is 0 Å². The topological polar surface area (TPSA) is 66.2 Å². The van der Waals surface area contributed by atoms with Crippen LogP contribution < -0.4 is 40.4 Å². The number of alkyl halides is 3. The van der Waals surface area contributed by atoms with Crippen LogP contribution in [-0.4, -0.2) is 5.97 Å². The third-order valence-corrected chi connectivity index (χ3v) is 3.71. The summed E-state index contributed by atoms with van der Waals surface area (Å²) in [6.45, 7) is 0. The first-order valence-corrected chi connectivity index (χ1v) is 7.20. The van der Waals surface area contributed by atoms with Crippen molar-refractivity contribution in [2.75, 3.05) is 5.73 Å². The minimum Gasteiger partial charge on any atom is -0.545 e. The Labute approximate surface area is 173 Å². The zero-order valence-corrected chi connectivity index (χ0v) is 16.3. The predicted octanol–water partition coefficient (Wildman–Crippen LogP) is 0.889. The summed E-state index contributed by atoms with van der Waals surface area (Å²) in [7, 11) is 0. The van der Waals surface area contributed by atoms with E-state index in [1.54, 1.807) is 0 Å². The van der Waals surface area contributed by atoms with Crippen molar-refractivity contribution in [2.24, 2.45) is 0 Å². The van der Waals surface area contributed by atoms with Crippen molar-refractivity contribution in [1.29, 1.82) is 0 Å². The summed E-state index contributed by atoms with van der Waals surface area (Å²) in [6.07, 6.45) is -3.43. The maximum atomic E-state index is 12.7. The minimum absolute atomic E-state index is 0. The molecule has 0 saturated heterocycles. The van der Waals surface area contributed by atoms with Gasteiger partial charge in [-0.2, -0.15) is 13.2 Å². The first kappa shape index (κ1) is 21.9. The number of carbonyl (C=O) groups is 1. The van der Waals surface area contributed by atoms with E-state index in [0.717, 1.165) is 18.2 Å². The van der Waals surface area contributed by atoms with Crippen molar-refractivity contribution >= 4 is 46.5 Å². The van der Waals surface area contributed by atoms with Crippen LogP contribution in [0.25, 0.3) is 11.6 Å². The second kappa shape index (κ2) is 8.47. The summed E-state index contributed by atoms with van der Waals surface area (Å²) < 4.78 is 38.0. The molecule has 0 aliphatic rings. The molecule has 0 unspecified atom stereocenters. The SMILES string of the molecule is Nc1cc(C(F)(F)F)ccc1/C(=C\c1ccc(Cl)cc1Cl)C(=O)[O-].[Na+]. The van der Waals surface area contributed by atoms with Crippen LogP contribution in [0.5, 0.6) is 0 Å². The molecule has 9 heteroatoms. The Morgan fingerprint density at radius 3 is 2.24 bits per heavy atom. The van der Waals surface area contributed by atoms with Gasteiger partial charge in [-0.3, -0.25) is 0 Å². The summed E-state index contributed by atoms with van der Waals surface area (Å²) in [5.74, 6) is -1.60. The van der Waals surface area contributed by atoms with Gasteiger partial charge in [-0.1, -0.05) is 35.3 Å². The van der Waals surface area contributed by atoms with Gasteiger partial charge in [0, 0.05) is 26.9 Å². The van der Waals surface area contributed by atoms with Crippen LogP contribution in [0.4, 0.5) is 18.9 Å². The van der Waals surface area contributed by atoms with Gasteiger partial charge in [0.15, 0.2) is 0 Å². The van der Waals surface area contributed by atoms with Crippen LogP contribution in [0.15, 0.2) is 36.4 Å². The summed E-state index contributed by atoms with van der Waals surface area (Å²) in [4.78, 5) is 11.4. The maximum Gasteiger partial charge on any atom is 1.00 e. The molecular weight excluding hydrogens is 389 g/mol. The van der Waals surface area contributed by atoms with E-state index in [9.17, 15) is 23.1 Å². The van der Waals surface area contributed by atoms with Gasteiger partial charge in [0.2, 0.25) is 0 Å². The minimum atomic E-state index is -4.59. The largest absolute Gasteiger partial charge is 1.00 e. The van der Waals surface area contributed by atoms with Gasteiger partial charge in [-0.25, -0.2) is 0 Å². The van der Waals surface area contributed by atoms with Gasteiger partial charge in [-0.15, -0.1) is 0 Å². The first-order chi connectivity index (χ1) is 11.1. The van der Waals surface area contributed by atoms with Gasteiger partial charge in [0.25, 0.3) is 0 Å². The van der Waals surface area contributed by atoms with Gasteiger partial charge >= 0.3 is 35.7 Å². The average molecular weight is 398 g/mol. The number of anilines is 1. The summed E-state index contributed by atoms with van der Waals surface area (Å²) >= 11 is 11.7. The third kappa shape index (κ3) is 5.39. The molecule has 0 amide bonds. The monoisotopic (exact) mass is 397 g/mol. The number of benzene rings is 2. The fraction of sp³-hybridized carbons (Fsp3) is 0.0625. The molecule has 2 N–H and O–H groups in total. The number of hydrogen-bond donors (Lipinski definition) is 1. The quantitative estimate of drug-likeness (QED) is 0.362. The molecule has 25 heavy (non-hydrogen) atoms. The predicted molar refractivity (Wildman–Crippen MR) is 85.2 cm³/mol. The molecule has 2 rings (SSSR count). The van der Waals surface area contributed by atoms with Crippen LogP contribution in [-0.2, 0) is 11.0 Å². The molecule has 0 atom stereocenters. The van der Waals surface area contributed by atoms with E-state index in [-0.39, 0.29) is 45.8 Å². The molecule has 0 aliphatic carbocycles. The molecule has 0 saturated carbocycles. The van der Waals surface area contributed by atoms with Crippen LogP contribution in [0.1, 0.15) is 16.7 Å². The van der Waals surface area contributed by atoms with Crippen molar-refractivity contribution in [3.05, 3.63) is 63.1 Å². The smallest absolute Gasteiger partial charge is 0.545 e. The Kier molecular flexibility index (Phi) is 7.40. The molecule has 0 radical (unpaired) electrons. The molecular formula is C16H9Cl2F3NNaO2. The van der Waals surface area contributed by atoms with E-state index in [2.05, 4.69) is 0 Å². The Bertz CT molecular complexity index is 839. The molecule has 0 aromatic heterocycles. The van der Waals surface area contributed by atoms with Gasteiger partial charge in [0.1, 0.15) is 0 Å². The second-order valence-corrected chi connectivity index (χ2v) is 5.65. The number of aliphatic carboxylic acids is 1. The summed E-state index contributed by atoms with van der Waals surface area (Å²) in [5.41, 5.74) is 4.07. The molecule has 0 spiro atoms. The van der Waals surface area contributed by atoms with E-state index >= 15 is 0 Å². The Morgan fingerprint density at radius 2 is 1.76 bits per heavy atom. The third-order valence-electron chi connectivity index (χ3n) is 3.15. The number of carboxylic acids is 1. The molecule has 0 bridgehead atoms. The Hall–Kier alpha value is -1.18. The Morgan fingerprint density at radius 1 is 1.12 bits per heavy atom. The molecule has 3 nitrogen and oxygen atoms in total. The molecule has 126 valence electrons. The number of hydrogen-bond acceptors (Lipinski definition) is 3. The van der Waals surface area contributed by atoms with Crippen molar-refractivity contribution < 1.29 is 52.6 Å². The Balaban J connectivity index is 0.00000312. The zero-order chi connectivity index (χ0) is 18.1. The number of nitrogens with two attached hydrogens (primary N) is 1. The van der Waals surface area contributed by atoms with E-state index in [4.69, 9.17) is 28.9 Å². The van der Waals surface area contributed by atoms with Gasteiger partial charge < -0.3 is 15.6 Å². The van der Waals surface area contributed by atoms with E-state index in [0.29, 0.717) is 16.7 Å². The molecule has 0 fully saturated rings. The number of carboxylic acid groups (broad SMARTS) is 1. The van der Waals surface area contributed by atoms with E-state index in [1.807, 2.05) is 0 Å². The van der Waals surface area contributed by atoms with Gasteiger partial charge in [0.05, 0.1) is 11.5 Å². The van der Waals surface area contributed by atoms with Gasteiger partial charge in [-0.05, 0) is 35.9 Å². The first-order valence-electron chi connectivity index (χ1n) is 6.45. The van der Waals surface area contributed by atoms with E-state index in [1.165, 1.54) is 18.2 Å². The van der Waals surface area contributed by atoms with Crippen molar-refractivity contribution in [3.8, 4) is 0 Å². The normalized spacial score (nSPS) is 11.8. The summed E-state index contributed by atoms with van der Waals surface area (Å²) in [6, 6.07) is 6.74. The van der Waals surface area contributed by atoms with Crippen molar-refractivity contribution in [1.82, 2.24) is 0 Å².